The summed E-state index contributed by atoms with van der Waals surface area (Å²) in [7, 11) is 0. The number of rotatable bonds is 3. The average Bonchev–Trinajstić information content (AvgIpc) is 3.30. The monoisotopic (exact) mass is 362 g/mol. The van der Waals surface area contributed by atoms with Gasteiger partial charge in [0.2, 0.25) is 0 Å². The fraction of sp³-hybridized carbons (Fsp3) is 0.556. The summed E-state index contributed by atoms with van der Waals surface area (Å²) in [5.74, 6) is 5.25. The summed E-state index contributed by atoms with van der Waals surface area (Å²) in [5, 5.41) is 9.83. The standard InChI is InChI=1S/C18H23FN4O3/c1-9-15(21-6-5-12(7-21)10(2)24)13(19)8-22-16(9)14(11-3-4-11)17(25)23(20)18(22)26/h8,10-12,24H,3-7,20H2,1-2H3/t10?,12-/m1/s1. The maximum absolute atomic E-state index is 14.9. The number of fused-ring (bicyclic) bond motifs is 1. The molecule has 0 amide bonds. The van der Waals surface area contributed by atoms with E-state index >= 15 is 0 Å². The van der Waals surface area contributed by atoms with Crippen molar-refractivity contribution in [2.24, 2.45) is 5.92 Å². The van der Waals surface area contributed by atoms with Crippen LogP contribution in [0.25, 0.3) is 5.52 Å². The highest BCUT2D eigenvalue weighted by Gasteiger charge is 2.34. The second-order valence-corrected chi connectivity index (χ2v) is 7.55. The lowest BCUT2D eigenvalue weighted by atomic mass is 10.0. The van der Waals surface area contributed by atoms with Crippen molar-refractivity contribution in [2.45, 2.75) is 45.1 Å². The number of anilines is 1. The Morgan fingerprint density at radius 3 is 2.58 bits per heavy atom. The normalized spacial score (nSPS) is 21.5. The van der Waals surface area contributed by atoms with Crippen LogP contribution in [0.2, 0.25) is 0 Å². The molecule has 1 saturated heterocycles. The van der Waals surface area contributed by atoms with E-state index in [1.54, 1.807) is 13.8 Å². The van der Waals surface area contributed by atoms with Gasteiger partial charge in [-0.05, 0) is 39.0 Å². The number of nitrogens with zero attached hydrogens (tertiary/aromatic N) is 3. The van der Waals surface area contributed by atoms with Gasteiger partial charge >= 0.3 is 5.69 Å². The predicted molar refractivity (Wildman–Crippen MR) is 96.7 cm³/mol. The molecule has 1 aliphatic heterocycles. The summed E-state index contributed by atoms with van der Waals surface area (Å²) in [4.78, 5) is 26.9. The van der Waals surface area contributed by atoms with Crippen LogP contribution in [-0.2, 0) is 0 Å². The van der Waals surface area contributed by atoms with Gasteiger partial charge in [-0.25, -0.2) is 9.18 Å². The molecule has 2 aliphatic rings. The number of aryl methyl sites for hydroxylation is 1. The number of hydrogen-bond acceptors (Lipinski definition) is 5. The largest absolute Gasteiger partial charge is 0.393 e. The van der Waals surface area contributed by atoms with E-state index in [0.29, 0.717) is 40.1 Å². The molecule has 8 heteroatoms. The molecule has 2 aromatic heterocycles. The number of aromatic nitrogens is 2. The Morgan fingerprint density at radius 2 is 2.00 bits per heavy atom. The molecule has 1 saturated carbocycles. The van der Waals surface area contributed by atoms with Crippen LogP contribution in [0, 0.1) is 18.7 Å². The highest BCUT2D eigenvalue weighted by molar-refractivity contribution is 5.72. The van der Waals surface area contributed by atoms with Crippen molar-refractivity contribution in [3.05, 3.63) is 44.0 Å². The molecule has 26 heavy (non-hydrogen) atoms. The topological polar surface area (TPSA) is 93.0 Å². The first-order valence-electron chi connectivity index (χ1n) is 8.99. The van der Waals surface area contributed by atoms with Crippen molar-refractivity contribution in [1.29, 1.82) is 0 Å². The SMILES string of the molecule is Cc1c(N2CC[C@@H](C(C)O)C2)c(F)cn2c(=O)n(N)c(=O)c(C3CC3)c12. The number of halogens is 1. The lowest BCUT2D eigenvalue weighted by Gasteiger charge is -2.24. The molecule has 2 atom stereocenters. The second-order valence-electron chi connectivity index (χ2n) is 7.55. The first kappa shape index (κ1) is 17.1. The minimum absolute atomic E-state index is 0.0636. The first-order chi connectivity index (χ1) is 12.3. The Kier molecular flexibility index (Phi) is 3.83. The quantitative estimate of drug-likeness (QED) is 0.785. The van der Waals surface area contributed by atoms with Crippen molar-refractivity contribution in [3.63, 3.8) is 0 Å². The minimum Gasteiger partial charge on any atom is -0.393 e. The molecule has 3 heterocycles. The Balaban J connectivity index is 1.97. The molecule has 2 fully saturated rings. The van der Waals surface area contributed by atoms with Crippen molar-refractivity contribution in [1.82, 2.24) is 9.08 Å². The smallest absolute Gasteiger partial charge is 0.354 e. The van der Waals surface area contributed by atoms with Gasteiger partial charge in [0.15, 0.2) is 5.82 Å². The molecular formula is C18H23FN4O3. The molecule has 0 bridgehead atoms. The van der Waals surface area contributed by atoms with Gasteiger partial charge in [-0.1, -0.05) is 0 Å². The highest BCUT2D eigenvalue weighted by Crippen LogP contribution is 2.42. The van der Waals surface area contributed by atoms with Crippen LogP contribution in [0.4, 0.5) is 10.1 Å². The number of aliphatic hydroxyl groups is 1. The van der Waals surface area contributed by atoms with Gasteiger partial charge in [0.1, 0.15) is 0 Å². The van der Waals surface area contributed by atoms with E-state index in [-0.39, 0.29) is 11.8 Å². The zero-order chi connectivity index (χ0) is 18.7. The molecule has 4 rings (SSSR count). The molecular weight excluding hydrogens is 339 g/mol. The molecule has 3 N–H and O–H groups in total. The van der Waals surface area contributed by atoms with E-state index in [1.807, 2.05) is 4.90 Å². The van der Waals surface area contributed by atoms with E-state index in [9.17, 15) is 19.1 Å². The zero-order valence-electron chi connectivity index (χ0n) is 14.9. The summed E-state index contributed by atoms with van der Waals surface area (Å²) in [5.41, 5.74) is 0.711. The molecule has 1 unspecified atom stereocenters. The molecule has 2 aromatic rings. The summed E-state index contributed by atoms with van der Waals surface area (Å²) in [6.45, 7) is 4.66. The Labute approximate surface area is 149 Å². The lowest BCUT2D eigenvalue weighted by Crippen LogP contribution is -2.44. The minimum atomic E-state index is -0.744. The van der Waals surface area contributed by atoms with Crippen molar-refractivity contribution in [2.75, 3.05) is 23.8 Å². The lowest BCUT2D eigenvalue weighted by molar-refractivity contribution is 0.136. The van der Waals surface area contributed by atoms with Crippen LogP contribution in [0.5, 0.6) is 0 Å². The van der Waals surface area contributed by atoms with Gasteiger partial charge in [0, 0.05) is 30.1 Å². The molecule has 0 spiro atoms. The third kappa shape index (κ3) is 2.43. The maximum atomic E-state index is 14.9. The van der Waals surface area contributed by atoms with Gasteiger partial charge < -0.3 is 15.8 Å². The number of nitrogen functional groups attached to an aromatic ring is 1. The predicted octanol–water partition coefficient (Wildman–Crippen LogP) is 0.707. The Morgan fingerprint density at radius 1 is 1.31 bits per heavy atom. The molecule has 0 aromatic carbocycles. The van der Waals surface area contributed by atoms with Gasteiger partial charge in [-0.15, -0.1) is 0 Å². The van der Waals surface area contributed by atoms with Crippen LogP contribution in [0.3, 0.4) is 0 Å². The van der Waals surface area contributed by atoms with E-state index in [4.69, 9.17) is 5.84 Å². The molecule has 1 aliphatic carbocycles. The van der Waals surface area contributed by atoms with Crippen LogP contribution < -0.4 is 22.0 Å². The fourth-order valence-corrected chi connectivity index (χ4v) is 4.14. The van der Waals surface area contributed by atoms with Crippen LogP contribution in [0.1, 0.15) is 43.2 Å². The third-order valence-corrected chi connectivity index (χ3v) is 5.75. The number of aliphatic hydroxyl groups excluding tert-OH is 1. The third-order valence-electron chi connectivity index (χ3n) is 5.75. The Hall–Kier alpha value is -2.35. The van der Waals surface area contributed by atoms with Crippen LogP contribution in [-0.4, -0.2) is 33.4 Å². The van der Waals surface area contributed by atoms with Gasteiger partial charge in [0.05, 0.1) is 23.5 Å². The Bertz CT molecular complexity index is 1010. The summed E-state index contributed by atoms with van der Waals surface area (Å²) < 4.78 is 16.7. The fourth-order valence-electron chi connectivity index (χ4n) is 4.14. The van der Waals surface area contributed by atoms with Crippen LogP contribution in [0.15, 0.2) is 15.8 Å². The van der Waals surface area contributed by atoms with E-state index in [1.165, 1.54) is 0 Å². The summed E-state index contributed by atoms with van der Waals surface area (Å²) >= 11 is 0. The van der Waals surface area contributed by atoms with E-state index in [2.05, 4.69) is 0 Å². The molecule has 0 radical (unpaired) electrons. The molecule has 140 valence electrons. The number of nitrogens with two attached hydrogens (primary N) is 1. The van der Waals surface area contributed by atoms with Crippen LogP contribution >= 0.6 is 0 Å². The number of pyridine rings is 1. The average molecular weight is 362 g/mol. The van der Waals surface area contributed by atoms with Crippen molar-refractivity contribution < 1.29 is 9.50 Å². The molecule has 7 nitrogen and oxygen atoms in total. The van der Waals surface area contributed by atoms with Crippen molar-refractivity contribution >= 4 is 11.2 Å². The second kappa shape index (κ2) is 5.84. The van der Waals surface area contributed by atoms with E-state index < -0.39 is 23.2 Å². The summed E-state index contributed by atoms with van der Waals surface area (Å²) in [6.07, 6.45) is 3.17. The van der Waals surface area contributed by atoms with Gasteiger partial charge in [-0.3, -0.25) is 9.20 Å². The van der Waals surface area contributed by atoms with Gasteiger partial charge in [-0.2, -0.15) is 4.68 Å². The van der Waals surface area contributed by atoms with E-state index in [0.717, 1.165) is 29.9 Å². The number of hydrogen-bond donors (Lipinski definition) is 2. The maximum Gasteiger partial charge on any atom is 0.354 e. The van der Waals surface area contributed by atoms with Gasteiger partial charge in [0.25, 0.3) is 5.56 Å². The van der Waals surface area contributed by atoms with Crippen molar-refractivity contribution in [3.8, 4) is 0 Å². The summed E-state index contributed by atoms with van der Waals surface area (Å²) in [6, 6.07) is 0. The zero-order valence-corrected chi connectivity index (χ0v) is 14.9. The highest BCUT2D eigenvalue weighted by atomic mass is 19.1. The first-order valence-corrected chi connectivity index (χ1v) is 8.99.